The SMILES string of the molecule is C=C(C)[C@@H]1CC[C@]2(C(=O)N3CCN(C)CC3)CC[C@]3(C)[C@H](CC[C@@H]4[C@@](C)(CCCN)[C@H](C(=C)C)CC[C@]43C)[C@@H]12. The topological polar surface area (TPSA) is 49.6 Å². The van der Waals surface area contributed by atoms with E-state index in [9.17, 15) is 4.79 Å². The molecule has 0 unspecified atom stereocenters. The molecule has 5 aliphatic rings. The summed E-state index contributed by atoms with van der Waals surface area (Å²) in [5, 5.41) is 0. The molecule has 2 N–H and O–H groups in total. The van der Waals surface area contributed by atoms with Gasteiger partial charge < -0.3 is 15.5 Å². The Balaban J connectivity index is 1.53. The quantitative estimate of drug-likeness (QED) is 0.374. The zero-order valence-corrected chi connectivity index (χ0v) is 26.3. The van der Waals surface area contributed by atoms with Crippen LogP contribution in [0.3, 0.4) is 0 Å². The average molecular weight is 538 g/mol. The third-order valence-electron chi connectivity index (χ3n) is 14.1. The van der Waals surface area contributed by atoms with Crippen LogP contribution in [-0.4, -0.2) is 55.5 Å². The summed E-state index contributed by atoms with van der Waals surface area (Å²) >= 11 is 0. The predicted octanol–water partition coefficient (Wildman–Crippen LogP) is 6.91. The minimum Gasteiger partial charge on any atom is -0.340 e. The van der Waals surface area contributed by atoms with Gasteiger partial charge in [0.1, 0.15) is 0 Å². The Morgan fingerprint density at radius 3 is 2.18 bits per heavy atom. The molecule has 1 amide bonds. The Morgan fingerprint density at radius 2 is 1.56 bits per heavy atom. The molecule has 4 nitrogen and oxygen atoms in total. The van der Waals surface area contributed by atoms with Gasteiger partial charge in [0.15, 0.2) is 0 Å². The number of piperazine rings is 1. The number of hydrogen-bond acceptors (Lipinski definition) is 3. The van der Waals surface area contributed by atoms with Crippen LogP contribution >= 0.6 is 0 Å². The van der Waals surface area contributed by atoms with E-state index in [0.29, 0.717) is 35.5 Å². The summed E-state index contributed by atoms with van der Waals surface area (Å²) in [6.07, 6.45) is 11.9. The number of likely N-dealkylation sites (N-methyl/N-ethyl adjacent to an activating group) is 1. The first-order valence-electron chi connectivity index (χ1n) is 16.3. The minimum atomic E-state index is -0.176. The van der Waals surface area contributed by atoms with Crippen molar-refractivity contribution in [1.82, 2.24) is 9.80 Å². The lowest BCUT2D eigenvalue weighted by molar-refractivity contribution is -0.218. The van der Waals surface area contributed by atoms with Crippen LogP contribution in [0.25, 0.3) is 0 Å². The number of hydrogen-bond donors (Lipinski definition) is 1. The fourth-order valence-corrected chi connectivity index (χ4v) is 11.8. The average Bonchev–Trinajstić information content (AvgIpc) is 3.29. The standard InChI is InChI=1S/C35H59N3O/c1-24(2)26-12-16-35(31(39)38-22-20-37(8)21-23-38)18-17-33(6)28(30(26)35)10-11-29-32(5,14-9-19-36)27(25(3)4)13-15-34(29,33)7/h26-30H,1,3,9-23,36H2,2,4-8H3/t26-,27-,28+,29+,30+,32-,33+,34+,35-/m0/s1. The fraction of sp³-hybridized carbons (Fsp3) is 0.857. The van der Waals surface area contributed by atoms with Crippen LogP contribution in [0, 0.1) is 51.2 Å². The molecule has 0 bridgehead atoms. The molecule has 0 aromatic heterocycles. The van der Waals surface area contributed by atoms with Crippen molar-refractivity contribution in [1.29, 1.82) is 0 Å². The van der Waals surface area contributed by atoms with Crippen LogP contribution in [0.2, 0.25) is 0 Å². The van der Waals surface area contributed by atoms with E-state index in [2.05, 4.69) is 64.6 Å². The van der Waals surface area contributed by atoms with Gasteiger partial charge in [0, 0.05) is 26.2 Å². The number of nitrogens with two attached hydrogens (primary N) is 1. The summed E-state index contributed by atoms with van der Waals surface area (Å²) in [5.41, 5.74) is 9.44. The van der Waals surface area contributed by atoms with Crippen molar-refractivity contribution in [2.24, 2.45) is 57.0 Å². The second kappa shape index (κ2) is 10.3. The molecule has 4 aliphatic carbocycles. The van der Waals surface area contributed by atoms with Crippen molar-refractivity contribution < 1.29 is 4.79 Å². The molecule has 4 saturated carbocycles. The molecule has 1 aliphatic heterocycles. The highest BCUT2D eigenvalue weighted by molar-refractivity contribution is 5.84. The van der Waals surface area contributed by atoms with Crippen LogP contribution < -0.4 is 5.73 Å². The number of carbonyl (C=O) groups is 1. The monoisotopic (exact) mass is 537 g/mol. The van der Waals surface area contributed by atoms with Gasteiger partial charge in [0.25, 0.3) is 0 Å². The molecule has 5 fully saturated rings. The van der Waals surface area contributed by atoms with Gasteiger partial charge in [-0.25, -0.2) is 0 Å². The maximum absolute atomic E-state index is 14.6. The summed E-state index contributed by atoms with van der Waals surface area (Å²) in [7, 11) is 2.19. The Labute approximate surface area is 240 Å². The van der Waals surface area contributed by atoms with Crippen LogP contribution in [-0.2, 0) is 4.79 Å². The van der Waals surface area contributed by atoms with E-state index in [0.717, 1.165) is 58.4 Å². The Bertz CT molecular complexity index is 982. The second-order valence-corrected chi connectivity index (χ2v) is 15.7. The third-order valence-corrected chi connectivity index (χ3v) is 14.1. The Hall–Kier alpha value is -1.13. The first-order valence-corrected chi connectivity index (χ1v) is 16.3. The largest absolute Gasteiger partial charge is 0.340 e. The van der Waals surface area contributed by atoms with Gasteiger partial charge in [0.2, 0.25) is 5.91 Å². The van der Waals surface area contributed by atoms with Crippen molar-refractivity contribution in [2.45, 2.75) is 98.8 Å². The van der Waals surface area contributed by atoms with Crippen molar-refractivity contribution in [2.75, 3.05) is 39.8 Å². The molecule has 1 saturated heterocycles. The van der Waals surface area contributed by atoms with Crippen LogP contribution in [0.5, 0.6) is 0 Å². The summed E-state index contributed by atoms with van der Waals surface area (Å²) in [5.74, 6) is 3.33. The molecular formula is C35H59N3O. The first-order chi connectivity index (χ1) is 18.4. The molecule has 9 atom stereocenters. The highest BCUT2D eigenvalue weighted by Crippen LogP contribution is 2.76. The molecule has 0 aromatic rings. The lowest BCUT2D eigenvalue weighted by Crippen LogP contribution is -2.65. The third kappa shape index (κ3) is 4.24. The molecular weight excluding hydrogens is 478 g/mol. The summed E-state index contributed by atoms with van der Waals surface area (Å²) < 4.78 is 0. The number of fused-ring (bicyclic) bond motifs is 5. The van der Waals surface area contributed by atoms with Gasteiger partial charge in [-0.2, -0.15) is 0 Å². The van der Waals surface area contributed by atoms with Gasteiger partial charge in [-0.1, -0.05) is 45.1 Å². The fourth-order valence-electron chi connectivity index (χ4n) is 11.8. The maximum atomic E-state index is 14.6. The van der Waals surface area contributed by atoms with E-state index in [4.69, 9.17) is 5.73 Å². The molecule has 39 heavy (non-hydrogen) atoms. The Kier molecular flexibility index (Phi) is 7.75. The summed E-state index contributed by atoms with van der Waals surface area (Å²) in [4.78, 5) is 19.2. The van der Waals surface area contributed by atoms with E-state index in [1.165, 1.54) is 49.7 Å². The summed E-state index contributed by atoms with van der Waals surface area (Å²) in [6, 6.07) is 0. The zero-order chi connectivity index (χ0) is 28.4. The lowest BCUT2D eigenvalue weighted by Gasteiger charge is -2.71. The van der Waals surface area contributed by atoms with Crippen molar-refractivity contribution in [3.8, 4) is 0 Å². The van der Waals surface area contributed by atoms with Gasteiger partial charge in [-0.15, -0.1) is 0 Å². The van der Waals surface area contributed by atoms with Crippen LogP contribution in [0.1, 0.15) is 98.8 Å². The zero-order valence-electron chi connectivity index (χ0n) is 26.3. The van der Waals surface area contributed by atoms with Crippen LogP contribution in [0.4, 0.5) is 0 Å². The number of carbonyl (C=O) groups excluding carboxylic acids is 1. The number of allylic oxidation sites excluding steroid dienone is 2. The number of amides is 1. The van der Waals surface area contributed by atoms with Gasteiger partial charge in [0.05, 0.1) is 5.41 Å². The first kappa shape index (κ1) is 29.4. The Morgan fingerprint density at radius 1 is 0.872 bits per heavy atom. The maximum Gasteiger partial charge on any atom is 0.229 e. The number of rotatable bonds is 6. The molecule has 0 aromatic carbocycles. The van der Waals surface area contributed by atoms with Crippen LogP contribution in [0.15, 0.2) is 24.3 Å². The van der Waals surface area contributed by atoms with E-state index >= 15 is 0 Å². The lowest BCUT2D eigenvalue weighted by atomic mass is 9.34. The smallest absolute Gasteiger partial charge is 0.229 e. The molecule has 220 valence electrons. The highest BCUT2D eigenvalue weighted by atomic mass is 16.2. The molecule has 1 heterocycles. The predicted molar refractivity (Wildman–Crippen MR) is 163 cm³/mol. The minimum absolute atomic E-state index is 0.176. The van der Waals surface area contributed by atoms with E-state index < -0.39 is 0 Å². The van der Waals surface area contributed by atoms with Crippen molar-refractivity contribution >= 4 is 5.91 Å². The molecule has 0 spiro atoms. The highest BCUT2D eigenvalue weighted by Gasteiger charge is 2.70. The van der Waals surface area contributed by atoms with E-state index in [1.54, 1.807) is 0 Å². The van der Waals surface area contributed by atoms with Gasteiger partial charge in [-0.3, -0.25) is 4.79 Å². The van der Waals surface area contributed by atoms with Gasteiger partial charge in [-0.05, 0) is 137 Å². The van der Waals surface area contributed by atoms with Gasteiger partial charge >= 0.3 is 0 Å². The molecule has 0 radical (unpaired) electrons. The van der Waals surface area contributed by atoms with E-state index in [1.807, 2.05) is 0 Å². The van der Waals surface area contributed by atoms with Crippen molar-refractivity contribution in [3.63, 3.8) is 0 Å². The van der Waals surface area contributed by atoms with E-state index in [-0.39, 0.29) is 21.7 Å². The molecule has 4 heteroatoms. The number of nitrogens with zero attached hydrogens (tertiary/aromatic N) is 2. The summed E-state index contributed by atoms with van der Waals surface area (Å²) in [6.45, 7) is 26.1. The normalized spacial score (nSPS) is 46.2. The van der Waals surface area contributed by atoms with Crippen molar-refractivity contribution in [3.05, 3.63) is 24.3 Å². The second-order valence-electron chi connectivity index (χ2n) is 15.7. The molecule has 5 rings (SSSR count).